The zero-order valence-electron chi connectivity index (χ0n) is 21.0. The lowest BCUT2D eigenvalue weighted by molar-refractivity contribution is 0.0785. The van der Waals surface area contributed by atoms with Crippen molar-refractivity contribution in [2.45, 2.75) is 13.1 Å². The molecule has 0 saturated carbocycles. The number of aryl methyl sites for hydroxylation is 1. The number of anilines is 1. The summed E-state index contributed by atoms with van der Waals surface area (Å²) in [5.41, 5.74) is 4.29. The summed E-state index contributed by atoms with van der Waals surface area (Å²) in [7, 11) is 3.77. The van der Waals surface area contributed by atoms with E-state index in [0.29, 0.717) is 17.8 Å². The van der Waals surface area contributed by atoms with Gasteiger partial charge in [-0.05, 0) is 87.9 Å². The first-order valence-electron chi connectivity index (χ1n) is 12.0. The SMILES string of the molecule is CN(Cc1ccc2c(ccn2C)c1)C(=O)c1ccc(N(Cc2ccsc2)C(=O)c2ccc(O)cc2O)cc1. The quantitative estimate of drug-likeness (QED) is 0.283. The molecule has 0 unspecified atom stereocenters. The van der Waals surface area contributed by atoms with Gasteiger partial charge in [-0.1, -0.05) is 6.07 Å². The number of aromatic nitrogens is 1. The lowest BCUT2D eigenvalue weighted by atomic mass is 10.1. The number of aromatic hydroxyl groups is 2. The smallest absolute Gasteiger partial charge is 0.262 e. The van der Waals surface area contributed by atoms with Gasteiger partial charge in [0.05, 0.1) is 12.1 Å². The molecule has 2 aromatic heterocycles. The molecule has 5 aromatic rings. The minimum absolute atomic E-state index is 0.0771. The van der Waals surface area contributed by atoms with E-state index in [-0.39, 0.29) is 29.5 Å². The Morgan fingerprint density at radius 2 is 1.66 bits per heavy atom. The van der Waals surface area contributed by atoms with Gasteiger partial charge in [-0.2, -0.15) is 11.3 Å². The topological polar surface area (TPSA) is 86.0 Å². The Hall–Kier alpha value is -4.56. The number of carbonyl (C=O) groups is 2. The minimum Gasteiger partial charge on any atom is -0.508 e. The van der Waals surface area contributed by atoms with E-state index >= 15 is 0 Å². The molecule has 0 bridgehead atoms. The van der Waals surface area contributed by atoms with Crippen LogP contribution in [0.1, 0.15) is 31.8 Å². The fourth-order valence-electron chi connectivity index (χ4n) is 4.47. The largest absolute Gasteiger partial charge is 0.508 e. The third-order valence-electron chi connectivity index (χ3n) is 6.52. The molecule has 0 aliphatic heterocycles. The number of nitrogens with zero attached hydrogens (tertiary/aromatic N) is 3. The van der Waals surface area contributed by atoms with Gasteiger partial charge in [0, 0.05) is 49.7 Å². The van der Waals surface area contributed by atoms with Crippen LogP contribution in [0.3, 0.4) is 0 Å². The first-order chi connectivity index (χ1) is 18.3. The van der Waals surface area contributed by atoms with E-state index in [1.165, 1.54) is 23.5 Å². The molecule has 5 rings (SSSR count). The standard InChI is InChI=1S/C30H27N3O4S/c1-31-13-11-23-15-20(3-10-27(23)31)17-32(2)29(36)22-4-6-24(7-5-22)33(18-21-12-14-38-19-21)30(37)26-9-8-25(34)16-28(26)35/h3-16,19,34-35H,17-18H2,1-2H3. The number of amides is 2. The van der Waals surface area contributed by atoms with E-state index in [1.54, 1.807) is 41.1 Å². The van der Waals surface area contributed by atoms with Crippen LogP contribution in [0.15, 0.2) is 89.8 Å². The average Bonchev–Trinajstić information content (AvgIpc) is 3.56. The molecule has 0 atom stereocenters. The molecular formula is C30H27N3O4S. The summed E-state index contributed by atoms with van der Waals surface area (Å²) in [5, 5.41) is 24.9. The predicted molar refractivity (Wildman–Crippen MR) is 150 cm³/mol. The third-order valence-corrected chi connectivity index (χ3v) is 7.25. The molecule has 0 aliphatic rings. The van der Waals surface area contributed by atoms with Crippen LogP contribution < -0.4 is 4.90 Å². The van der Waals surface area contributed by atoms with Gasteiger partial charge in [0.25, 0.3) is 11.8 Å². The zero-order valence-corrected chi connectivity index (χ0v) is 21.9. The van der Waals surface area contributed by atoms with Crippen molar-refractivity contribution >= 4 is 39.7 Å². The fourth-order valence-corrected chi connectivity index (χ4v) is 5.13. The number of hydrogen-bond donors (Lipinski definition) is 2. The van der Waals surface area contributed by atoms with Crippen molar-refractivity contribution in [3.05, 3.63) is 112 Å². The maximum atomic E-state index is 13.4. The van der Waals surface area contributed by atoms with Gasteiger partial charge in [0.2, 0.25) is 0 Å². The number of hydrogen-bond acceptors (Lipinski definition) is 5. The number of fused-ring (bicyclic) bond motifs is 1. The van der Waals surface area contributed by atoms with E-state index in [0.717, 1.165) is 28.1 Å². The molecule has 0 radical (unpaired) electrons. The molecular weight excluding hydrogens is 498 g/mol. The summed E-state index contributed by atoms with van der Waals surface area (Å²) < 4.78 is 2.06. The first-order valence-corrected chi connectivity index (χ1v) is 13.0. The van der Waals surface area contributed by atoms with Crippen LogP contribution in [-0.2, 0) is 20.1 Å². The number of thiophene rings is 1. The van der Waals surface area contributed by atoms with Gasteiger partial charge < -0.3 is 24.6 Å². The lowest BCUT2D eigenvalue weighted by Crippen LogP contribution is -2.30. The van der Waals surface area contributed by atoms with Crippen LogP contribution in [-0.4, -0.2) is 38.5 Å². The van der Waals surface area contributed by atoms with Crippen molar-refractivity contribution in [2.24, 2.45) is 7.05 Å². The van der Waals surface area contributed by atoms with E-state index in [9.17, 15) is 19.8 Å². The maximum Gasteiger partial charge on any atom is 0.262 e. The molecule has 2 heterocycles. The van der Waals surface area contributed by atoms with Crippen LogP contribution >= 0.6 is 11.3 Å². The Bertz CT molecular complexity index is 1610. The molecule has 7 nitrogen and oxygen atoms in total. The van der Waals surface area contributed by atoms with Gasteiger partial charge >= 0.3 is 0 Å². The summed E-state index contributed by atoms with van der Waals surface area (Å²) in [5.74, 6) is -0.968. The van der Waals surface area contributed by atoms with Gasteiger partial charge in [-0.3, -0.25) is 9.59 Å². The van der Waals surface area contributed by atoms with Crippen molar-refractivity contribution in [3.63, 3.8) is 0 Å². The summed E-state index contributed by atoms with van der Waals surface area (Å²) in [6.45, 7) is 0.756. The number of carbonyl (C=O) groups excluding carboxylic acids is 2. The second kappa shape index (κ2) is 10.4. The Labute approximate surface area is 224 Å². The lowest BCUT2D eigenvalue weighted by Gasteiger charge is -2.24. The van der Waals surface area contributed by atoms with Crippen LogP contribution in [0, 0.1) is 0 Å². The third kappa shape index (κ3) is 5.12. The molecule has 0 spiro atoms. The first kappa shape index (κ1) is 25.1. The summed E-state index contributed by atoms with van der Waals surface area (Å²) >= 11 is 1.53. The van der Waals surface area contributed by atoms with Crippen LogP contribution in [0.4, 0.5) is 5.69 Å². The van der Waals surface area contributed by atoms with E-state index in [2.05, 4.69) is 22.8 Å². The van der Waals surface area contributed by atoms with Crippen molar-refractivity contribution in [1.29, 1.82) is 0 Å². The minimum atomic E-state index is -0.416. The summed E-state index contributed by atoms with van der Waals surface area (Å²) in [4.78, 5) is 29.8. The second-order valence-electron chi connectivity index (χ2n) is 9.25. The van der Waals surface area contributed by atoms with Crippen LogP contribution in [0.2, 0.25) is 0 Å². The summed E-state index contributed by atoms with van der Waals surface area (Å²) in [6, 6.07) is 21.0. The molecule has 0 saturated heterocycles. The Morgan fingerprint density at radius 3 is 2.37 bits per heavy atom. The summed E-state index contributed by atoms with van der Waals surface area (Å²) in [6.07, 6.45) is 2.01. The molecule has 0 aliphatic carbocycles. The molecule has 2 amide bonds. The van der Waals surface area contributed by atoms with Crippen molar-refractivity contribution in [1.82, 2.24) is 9.47 Å². The normalized spacial score (nSPS) is 11.0. The fraction of sp³-hybridized carbons (Fsp3) is 0.133. The Balaban J connectivity index is 1.36. The van der Waals surface area contributed by atoms with Crippen LogP contribution in [0.5, 0.6) is 11.5 Å². The Kier molecular flexibility index (Phi) is 6.89. The highest BCUT2D eigenvalue weighted by molar-refractivity contribution is 7.07. The molecule has 0 fully saturated rings. The molecule has 192 valence electrons. The van der Waals surface area contributed by atoms with Gasteiger partial charge in [-0.15, -0.1) is 0 Å². The maximum absolute atomic E-state index is 13.4. The van der Waals surface area contributed by atoms with Gasteiger partial charge in [-0.25, -0.2) is 0 Å². The van der Waals surface area contributed by atoms with Gasteiger partial charge in [0.15, 0.2) is 0 Å². The van der Waals surface area contributed by atoms with Crippen molar-refractivity contribution in [2.75, 3.05) is 11.9 Å². The molecule has 2 N–H and O–H groups in total. The molecule has 8 heteroatoms. The van der Waals surface area contributed by atoms with Crippen molar-refractivity contribution < 1.29 is 19.8 Å². The number of benzene rings is 3. The second-order valence-corrected chi connectivity index (χ2v) is 10.0. The van der Waals surface area contributed by atoms with Crippen LogP contribution in [0.25, 0.3) is 10.9 Å². The van der Waals surface area contributed by atoms with Gasteiger partial charge in [0.1, 0.15) is 11.5 Å². The number of phenolic OH excluding ortho intramolecular Hbond substituents is 2. The average molecular weight is 526 g/mol. The number of rotatable bonds is 7. The molecule has 3 aromatic carbocycles. The predicted octanol–water partition coefficient (Wildman–Crippen LogP) is 5.77. The highest BCUT2D eigenvalue weighted by Gasteiger charge is 2.22. The van der Waals surface area contributed by atoms with Crippen molar-refractivity contribution in [3.8, 4) is 11.5 Å². The Morgan fingerprint density at radius 1 is 0.868 bits per heavy atom. The molecule has 38 heavy (non-hydrogen) atoms. The van der Waals surface area contributed by atoms with E-state index in [1.807, 2.05) is 36.1 Å². The van der Waals surface area contributed by atoms with E-state index < -0.39 is 5.91 Å². The number of phenols is 2. The monoisotopic (exact) mass is 525 g/mol. The van der Waals surface area contributed by atoms with E-state index in [4.69, 9.17) is 0 Å². The highest BCUT2D eigenvalue weighted by atomic mass is 32.1. The highest BCUT2D eigenvalue weighted by Crippen LogP contribution is 2.28. The zero-order chi connectivity index (χ0) is 26.8.